The summed E-state index contributed by atoms with van der Waals surface area (Å²) in [6, 6.07) is 3.04. The summed E-state index contributed by atoms with van der Waals surface area (Å²) in [6.07, 6.45) is 0. The summed E-state index contributed by atoms with van der Waals surface area (Å²) in [6.45, 7) is 1.97. The van der Waals surface area contributed by atoms with Crippen LogP contribution in [0.1, 0.15) is 17.3 Å². The van der Waals surface area contributed by atoms with Gasteiger partial charge in [0.15, 0.2) is 0 Å². The summed E-state index contributed by atoms with van der Waals surface area (Å²) in [5.41, 5.74) is 5.87. The molecule has 14 heavy (non-hydrogen) atoms. The average molecular weight is 234 g/mol. The van der Waals surface area contributed by atoms with E-state index in [1.165, 1.54) is 12.1 Å². The molecule has 1 rings (SSSR count). The number of nitrogen functional groups attached to an aromatic ring is 1. The quantitative estimate of drug-likeness (QED) is 0.632. The number of esters is 1. The van der Waals surface area contributed by atoms with Crippen molar-refractivity contribution in [1.29, 1.82) is 0 Å². The fraction of sp³-hybridized carbons (Fsp3) is 0.222. The first-order valence-electron chi connectivity index (χ1n) is 3.98. The van der Waals surface area contributed by atoms with Gasteiger partial charge in [-0.2, -0.15) is 0 Å². The number of benzene rings is 1. The lowest BCUT2D eigenvalue weighted by Gasteiger charge is -2.08. The van der Waals surface area contributed by atoms with Crippen molar-refractivity contribution < 1.29 is 9.53 Å². The molecule has 0 bridgehead atoms. The van der Waals surface area contributed by atoms with Crippen molar-refractivity contribution in [3.05, 3.63) is 27.7 Å². The highest BCUT2D eigenvalue weighted by Gasteiger charge is 2.17. The average Bonchev–Trinajstić information content (AvgIpc) is 2.13. The first-order chi connectivity index (χ1) is 6.57. The molecule has 5 heteroatoms. The maximum Gasteiger partial charge on any atom is 0.341 e. The van der Waals surface area contributed by atoms with Gasteiger partial charge in [-0.1, -0.05) is 23.2 Å². The first kappa shape index (κ1) is 11.1. The molecule has 0 atom stereocenters. The maximum atomic E-state index is 11.4. The highest BCUT2D eigenvalue weighted by Crippen LogP contribution is 2.29. The van der Waals surface area contributed by atoms with E-state index in [1.807, 2.05) is 0 Å². The van der Waals surface area contributed by atoms with Crippen LogP contribution < -0.4 is 5.73 Å². The van der Waals surface area contributed by atoms with E-state index in [0.29, 0.717) is 0 Å². The Balaban J connectivity index is 3.18. The van der Waals surface area contributed by atoms with E-state index in [9.17, 15) is 4.79 Å². The molecule has 1 aromatic carbocycles. The van der Waals surface area contributed by atoms with E-state index >= 15 is 0 Å². The zero-order valence-corrected chi connectivity index (χ0v) is 9.02. The third kappa shape index (κ3) is 2.11. The molecule has 2 N–H and O–H groups in total. The second-order valence-electron chi connectivity index (χ2n) is 2.54. The molecule has 0 unspecified atom stereocenters. The van der Waals surface area contributed by atoms with E-state index in [4.69, 9.17) is 33.7 Å². The van der Waals surface area contributed by atoms with Crippen LogP contribution in [-0.4, -0.2) is 12.6 Å². The standard InChI is InChI=1S/C9H9Cl2NO2/c1-2-14-9(13)7-5(10)3-4-6(11)8(7)12/h3-4H,2,12H2,1H3. The van der Waals surface area contributed by atoms with Crippen molar-refractivity contribution >= 4 is 34.9 Å². The van der Waals surface area contributed by atoms with Gasteiger partial charge in [0, 0.05) is 0 Å². The Bertz CT molecular complexity index is 366. The van der Waals surface area contributed by atoms with Crippen LogP contribution in [-0.2, 0) is 4.74 Å². The van der Waals surface area contributed by atoms with Crippen molar-refractivity contribution in [3.8, 4) is 0 Å². The number of hydrogen-bond acceptors (Lipinski definition) is 3. The van der Waals surface area contributed by atoms with E-state index in [1.54, 1.807) is 6.92 Å². The SMILES string of the molecule is CCOC(=O)c1c(Cl)ccc(Cl)c1N. The molecular weight excluding hydrogens is 225 g/mol. The lowest BCUT2D eigenvalue weighted by molar-refractivity contribution is 0.0528. The van der Waals surface area contributed by atoms with E-state index in [2.05, 4.69) is 0 Å². The monoisotopic (exact) mass is 233 g/mol. The molecule has 0 aromatic heterocycles. The van der Waals surface area contributed by atoms with Crippen LogP contribution in [0, 0.1) is 0 Å². The zero-order chi connectivity index (χ0) is 10.7. The van der Waals surface area contributed by atoms with Gasteiger partial charge in [-0.3, -0.25) is 0 Å². The number of nitrogens with two attached hydrogens (primary N) is 1. The predicted octanol–water partition coefficient (Wildman–Crippen LogP) is 2.75. The van der Waals surface area contributed by atoms with Crippen LogP contribution in [0.25, 0.3) is 0 Å². The van der Waals surface area contributed by atoms with Gasteiger partial charge in [0.2, 0.25) is 0 Å². The fourth-order valence-electron chi connectivity index (χ4n) is 0.978. The van der Waals surface area contributed by atoms with E-state index in [0.717, 1.165) is 0 Å². The lowest BCUT2D eigenvalue weighted by atomic mass is 10.2. The molecule has 0 heterocycles. The maximum absolute atomic E-state index is 11.4. The van der Waals surface area contributed by atoms with Crippen LogP contribution in [0.5, 0.6) is 0 Å². The molecule has 0 amide bonds. The lowest BCUT2D eigenvalue weighted by Crippen LogP contribution is -2.09. The predicted molar refractivity (Wildman–Crippen MR) is 56.8 cm³/mol. The summed E-state index contributed by atoms with van der Waals surface area (Å²) in [4.78, 5) is 11.4. The van der Waals surface area contributed by atoms with Crippen LogP contribution in [0.2, 0.25) is 10.0 Å². The van der Waals surface area contributed by atoms with Crippen LogP contribution >= 0.6 is 23.2 Å². The number of carbonyl (C=O) groups is 1. The van der Waals surface area contributed by atoms with Gasteiger partial charge in [0.05, 0.1) is 22.3 Å². The largest absolute Gasteiger partial charge is 0.462 e. The van der Waals surface area contributed by atoms with Crippen LogP contribution in [0.15, 0.2) is 12.1 Å². The fourth-order valence-corrected chi connectivity index (χ4v) is 1.38. The Morgan fingerprint density at radius 1 is 1.43 bits per heavy atom. The number of anilines is 1. The Labute approximate surface area is 91.7 Å². The molecule has 0 spiro atoms. The minimum Gasteiger partial charge on any atom is -0.462 e. The second-order valence-corrected chi connectivity index (χ2v) is 3.35. The summed E-state index contributed by atoms with van der Waals surface area (Å²) in [7, 11) is 0. The molecule has 1 aromatic rings. The van der Waals surface area contributed by atoms with Gasteiger partial charge in [0.1, 0.15) is 5.56 Å². The van der Waals surface area contributed by atoms with Crippen LogP contribution in [0.4, 0.5) is 5.69 Å². The Morgan fingerprint density at radius 2 is 2.00 bits per heavy atom. The minimum atomic E-state index is -0.558. The highest BCUT2D eigenvalue weighted by atomic mass is 35.5. The van der Waals surface area contributed by atoms with Crippen molar-refractivity contribution in [2.75, 3.05) is 12.3 Å². The molecule has 0 saturated heterocycles. The highest BCUT2D eigenvalue weighted by molar-refractivity contribution is 6.38. The molecule has 0 aliphatic carbocycles. The molecule has 0 fully saturated rings. The van der Waals surface area contributed by atoms with Gasteiger partial charge < -0.3 is 10.5 Å². The Kier molecular flexibility index (Phi) is 3.61. The van der Waals surface area contributed by atoms with E-state index in [-0.39, 0.29) is 27.9 Å². The van der Waals surface area contributed by atoms with E-state index < -0.39 is 5.97 Å². The normalized spacial score (nSPS) is 9.93. The number of halogens is 2. The Morgan fingerprint density at radius 3 is 2.57 bits per heavy atom. The molecule has 76 valence electrons. The summed E-state index contributed by atoms with van der Waals surface area (Å²) < 4.78 is 4.78. The van der Waals surface area contributed by atoms with Gasteiger partial charge in [0.25, 0.3) is 0 Å². The molecule has 0 aliphatic rings. The molecule has 3 nitrogen and oxygen atoms in total. The zero-order valence-electron chi connectivity index (χ0n) is 7.51. The first-order valence-corrected chi connectivity index (χ1v) is 4.74. The number of carbonyl (C=O) groups excluding carboxylic acids is 1. The van der Waals surface area contributed by atoms with Gasteiger partial charge in [-0.25, -0.2) is 4.79 Å². The summed E-state index contributed by atoms with van der Waals surface area (Å²) in [5, 5.41) is 0.530. The molecular formula is C9H9Cl2NO2. The summed E-state index contributed by atoms with van der Waals surface area (Å²) in [5.74, 6) is -0.558. The topological polar surface area (TPSA) is 52.3 Å². The minimum absolute atomic E-state index is 0.126. The molecule has 0 radical (unpaired) electrons. The molecule has 0 saturated carbocycles. The molecule has 0 aliphatic heterocycles. The third-order valence-corrected chi connectivity index (χ3v) is 2.27. The summed E-state index contributed by atoms with van der Waals surface area (Å²) >= 11 is 11.5. The van der Waals surface area contributed by atoms with Crippen molar-refractivity contribution in [2.45, 2.75) is 6.92 Å². The van der Waals surface area contributed by atoms with Gasteiger partial charge in [-0.05, 0) is 19.1 Å². The second kappa shape index (κ2) is 4.53. The number of ether oxygens (including phenoxy) is 1. The van der Waals surface area contributed by atoms with Crippen molar-refractivity contribution in [3.63, 3.8) is 0 Å². The van der Waals surface area contributed by atoms with Gasteiger partial charge in [-0.15, -0.1) is 0 Å². The van der Waals surface area contributed by atoms with Crippen LogP contribution in [0.3, 0.4) is 0 Å². The van der Waals surface area contributed by atoms with Crippen molar-refractivity contribution in [2.24, 2.45) is 0 Å². The van der Waals surface area contributed by atoms with Crippen molar-refractivity contribution in [1.82, 2.24) is 0 Å². The Hall–Kier alpha value is -0.930. The smallest absolute Gasteiger partial charge is 0.341 e. The third-order valence-electron chi connectivity index (χ3n) is 1.62. The number of rotatable bonds is 2. The van der Waals surface area contributed by atoms with Gasteiger partial charge >= 0.3 is 5.97 Å². The number of hydrogen-bond donors (Lipinski definition) is 1.